The monoisotopic (exact) mass is 368 g/mol. The number of hydrogen-bond acceptors (Lipinski definition) is 2. The Hall–Kier alpha value is -1.92. The third kappa shape index (κ3) is 5.03. The predicted molar refractivity (Wildman–Crippen MR) is 114 cm³/mol. The van der Waals surface area contributed by atoms with E-state index in [2.05, 4.69) is 51.4 Å². The molecule has 0 aromatic heterocycles. The fourth-order valence-electron chi connectivity index (χ4n) is 2.57. The number of hydrogen-bond donors (Lipinski definition) is 1. The molecule has 0 saturated heterocycles. The van der Waals surface area contributed by atoms with Crippen LogP contribution in [0.5, 0.6) is 0 Å². The van der Waals surface area contributed by atoms with E-state index in [-0.39, 0.29) is 11.5 Å². The van der Waals surface area contributed by atoms with Crippen molar-refractivity contribution in [3.8, 4) is 0 Å². The average molecular weight is 369 g/mol. The molecule has 0 aliphatic rings. The molecule has 2 rings (SSSR count). The third-order valence-electron chi connectivity index (χ3n) is 4.35. The largest absolute Gasteiger partial charge is 0.507 e. The molecule has 0 aliphatic carbocycles. The van der Waals surface area contributed by atoms with Crippen molar-refractivity contribution < 1.29 is 9.90 Å². The standard InChI is InChI=1S/C21H28O2Si2/c1-24(2,3)18-11-7-16(8-12-18)20(22)15-21(23)17-9-13-19(14-10-17)25(4,5)6/h7-15,22H,1-6H3/b20-15-. The average Bonchev–Trinajstić information content (AvgIpc) is 2.53. The van der Waals surface area contributed by atoms with Crippen LogP contribution in [0.2, 0.25) is 39.3 Å². The molecule has 2 nitrogen and oxygen atoms in total. The molecule has 0 saturated carbocycles. The Morgan fingerprint density at radius 3 is 1.44 bits per heavy atom. The van der Waals surface area contributed by atoms with Gasteiger partial charge in [-0.3, -0.25) is 4.79 Å². The first-order chi connectivity index (χ1) is 11.5. The van der Waals surface area contributed by atoms with Gasteiger partial charge in [0.05, 0.1) is 16.1 Å². The number of aliphatic hydroxyl groups is 1. The van der Waals surface area contributed by atoms with Crippen molar-refractivity contribution >= 4 is 38.1 Å². The summed E-state index contributed by atoms with van der Waals surface area (Å²) in [6.45, 7) is 13.7. The summed E-state index contributed by atoms with van der Waals surface area (Å²) in [6, 6.07) is 15.7. The number of carbonyl (C=O) groups is 1. The zero-order chi connectivity index (χ0) is 18.8. The summed E-state index contributed by atoms with van der Waals surface area (Å²) >= 11 is 0. The van der Waals surface area contributed by atoms with Crippen molar-refractivity contribution in [2.45, 2.75) is 39.3 Å². The van der Waals surface area contributed by atoms with Gasteiger partial charge in [0, 0.05) is 17.2 Å². The summed E-state index contributed by atoms with van der Waals surface area (Å²) in [6.07, 6.45) is 1.31. The molecular formula is C21H28O2Si2. The molecule has 1 N–H and O–H groups in total. The maximum atomic E-state index is 12.4. The molecule has 25 heavy (non-hydrogen) atoms. The SMILES string of the molecule is C[Si](C)(C)c1ccc(C(=O)/C=C(\O)c2ccc([Si](C)(C)C)cc2)cc1. The highest BCUT2D eigenvalue weighted by atomic mass is 28.3. The second-order valence-electron chi connectivity index (χ2n) is 8.55. The summed E-state index contributed by atoms with van der Waals surface area (Å²) < 4.78 is 0. The first-order valence-electron chi connectivity index (χ1n) is 8.65. The Balaban J connectivity index is 2.20. The van der Waals surface area contributed by atoms with Gasteiger partial charge in [-0.15, -0.1) is 0 Å². The van der Waals surface area contributed by atoms with Crippen LogP contribution in [0, 0.1) is 0 Å². The van der Waals surface area contributed by atoms with Crippen molar-refractivity contribution in [2.24, 2.45) is 0 Å². The Kier molecular flexibility index (Phi) is 5.54. The Morgan fingerprint density at radius 2 is 1.08 bits per heavy atom. The third-order valence-corrected chi connectivity index (χ3v) is 8.48. The lowest BCUT2D eigenvalue weighted by Gasteiger charge is -2.16. The predicted octanol–water partition coefficient (Wildman–Crippen LogP) is 4.56. The van der Waals surface area contributed by atoms with Crippen LogP contribution < -0.4 is 10.4 Å². The number of allylic oxidation sites excluding steroid dienone is 1. The number of carbonyl (C=O) groups excluding carboxylic acids is 1. The molecule has 0 amide bonds. The van der Waals surface area contributed by atoms with Gasteiger partial charge < -0.3 is 5.11 Å². The van der Waals surface area contributed by atoms with Gasteiger partial charge in [0.1, 0.15) is 5.76 Å². The molecule has 2 aromatic carbocycles. The van der Waals surface area contributed by atoms with Gasteiger partial charge >= 0.3 is 0 Å². The minimum atomic E-state index is -1.37. The molecule has 0 bridgehead atoms. The molecule has 0 spiro atoms. The fourth-order valence-corrected chi connectivity index (χ4v) is 4.90. The van der Waals surface area contributed by atoms with Crippen molar-refractivity contribution in [1.29, 1.82) is 0 Å². The Morgan fingerprint density at radius 1 is 0.720 bits per heavy atom. The van der Waals surface area contributed by atoms with E-state index < -0.39 is 16.1 Å². The van der Waals surface area contributed by atoms with Gasteiger partial charge in [0.25, 0.3) is 0 Å². The second-order valence-corrected chi connectivity index (χ2v) is 18.7. The Bertz CT molecular complexity index is 775. The summed E-state index contributed by atoms with van der Waals surface area (Å²) in [4.78, 5) is 12.4. The van der Waals surface area contributed by atoms with E-state index in [9.17, 15) is 9.90 Å². The zero-order valence-corrected chi connectivity index (χ0v) is 18.1. The molecule has 2 aromatic rings. The maximum absolute atomic E-state index is 12.4. The smallest absolute Gasteiger partial charge is 0.189 e. The van der Waals surface area contributed by atoms with Crippen LogP contribution >= 0.6 is 0 Å². The second kappa shape index (κ2) is 7.14. The lowest BCUT2D eigenvalue weighted by molar-refractivity contribution is 0.104. The van der Waals surface area contributed by atoms with Gasteiger partial charge in [0.15, 0.2) is 5.78 Å². The highest BCUT2D eigenvalue weighted by Crippen LogP contribution is 2.14. The van der Waals surface area contributed by atoms with Crippen LogP contribution in [-0.2, 0) is 0 Å². The van der Waals surface area contributed by atoms with Crippen molar-refractivity contribution in [3.63, 3.8) is 0 Å². The zero-order valence-electron chi connectivity index (χ0n) is 16.1. The number of aliphatic hydroxyl groups excluding tert-OH is 1. The molecule has 0 aliphatic heterocycles. The van der Waals surface area contributed by atoms with E-state index in [1.807, 2.05) is 36.4 Å². The highest BCUT2D eigenvalue weighted by Gasteiger charge is 2.17. The van der Waals surface area contributed by atoms with Crippen LogP contribution in [0.25, 0.3) is 5.76 Å². The summed E-state index contributed by atoms with van der Waals surface area (Å²) in [5.41, 5.74) is 1.28. The van der Waals surface area contributed by atoms with Crippen LogP contribution in [0.3, 0.4) is 0 Å². The van der Waals surface area contributed by atoms with Gasteiger partial charge in [-0.25, -0.2) is 0 Å². The van der Waals surface area contributed by atoms with Crippen LogP contribution in [0.4, 0.5) is 0 Å². The number of ketones is 1. The summed E-state index contributed by atoms with van der Waals surface area (Å²) in [5, 5.41) is 12.9. The van der Waals surface area contributed by atoms with Gasteiger partial charge in [0.2, 0.25) is 0 Å². The molecule has 0 unspecified atom stereocenters. The van der Waals surface area contributed by atoms with Crippen LogP contribution in [0.15, 0.2) is 54.6 Å². The molecule has 0 radical (unpaired) electrons. The highest BCUT2D eigenvalue weighted by molar-refractivity contribution is 6.89. The normalized spacial score (nSPS) is 13.0. The van der Waals surface area contributed by atoms with Gasteiger partial charge in [-0.2, -0.15) is 0 Å². The molecule has 0 heterocycles. The van der Waals surface area contributed by atoms with E-state index in [1.54, 1.807) is 0 Å². The lowest BCUT2D eigenvalue weighted by atomic mass is 10.1. The van der Waals surface area contributed by atoms with E-state index in [0.29, 0.717) is 11.1 Å². The van der Waals surface area contributed by atoms with Gasteiger partial charge in [-0.1, -0.05) is 98.2 Å². The van der Waals surface area contributed by atoms with E-state index in [0.717, 1.165) is 0 Å². The number of rotatable bonds is 5. The topological polar surface area (TPSA) is 37.3 Å². The minimum Gasteiger partial charge on any atom is -0.507 e. The lowest BCUT2D eigenvalue weighted by Crippen LogP contribution is -2.37. The molecule has 132 valence electrons. The van der Waals surface area contributed by atoms with E-state index in [4.69, 9.17) is 0 Å². The maximum Gasteiger partial charge on any atom is 0.189 e. The summed E-state index contributed by atoms with van der Waals surface area (Å²) in [5.74, 6) is -0.157. The van der Waals surface area contributed by atoms with Crippen molar-refractivity contribution in [1.82, 2.24) is 0 Å². The van der Waals surface area contributed by atoms with Crippen LogP contribution in [0.1, 0.15) is 15.9 Å². The van der Waals surface area contributed by atoms with Crippen LogP contribution in [-0.4, -0.2) is 27.0 Å². The van der Waals surface area contributed by atoms with Crippen molar-refractivity contribution in [2.75, 3.05) is 0 Å². The quantitative estimate of drug-likeness (QED) is 0.363. The molecule has 4 heteroatoms. The number of benzene rings is 2. The van der Waals surface area contributed by atoms with E-state index in [1.165, 1.54) is 16.4 Å². The molecule has 0 atom stereocenters. The molecule has 0 fully saturated rings. The fraction of sp³-hybridized carbons (Fsp3) is 0.286. The minimum absolute atomic E-state index is 0.0152. The van der Waals surface area contributed by atoms with E-state index >= 15 is 0 Å². The first-order valence-corrected chi connectivity index (χ1v) is 15.6. The first kappa shape index (κ1) is 19.4. The molecular weight excluding hydrogens is 340 g/mol. The Labute approximate surface area is 153 Å². The van der Waals surface area contributed by atoms with Crippen molar-refractivity contribution in [3.05, 3.63) is 65.7 Å². The summed E-state index contributed by atoms with van der Waals surface area (Å²) in [7, 11) is -2.73. The van der Waals surface area contributed by atoms with Gasteiger partial charge in [-0.05, 0) is 0 Å².